The van der Waals surface area contributed by atoms with Gasteiger partial charge in [0.15, 0.2) is 0 Å². The predicted molar refractivity (Wildman–Crippen MR) is 86.7 cm³/mol. The Bertz CT molecular complexity index is 643. The number of aliphatic hydroxyl groups excluding tert-OH is 1. The maximum Gasteiger partial charge on any atom is 0.0964 e. The molecule has 3 heterocycles. The molecule has 1 aromatic heterocycles. The molecule has 0 radical (unpaired) electrons. The van der Waals surface area contributed by atoms with E-state index >= 15 is 0 Å². The van der Waals surface area contributed by atoms with Gasteiger partial charge in [-0.25, -0.2) is 0 Å². The van der Waals surface area contributed by atoms with Crippen LogP contribution in [0.3, 0.4) is 0 Å². The average Bonchev–Trinajstić information content (AvgIpc) is 3.00. The Kier molecular flexibility index (Phi) is 3.68. The van der Waals surface area contributed by atoms with Crippen LogP contribution >= 0.6 is 0 Å². The van der Waals surface area contributed by atoms with Gasteiger partial charge in [0, 0.05) is 38.0 Å². The fourth-order valence-electron chi connectivity index (χ4n) is 3.94. The van der Waals surface area contributed by atoms with Gasteiger partial charge in [0.2, 0.25) is 0 Å². The van der Waals surface area contributed by atoms with Crippen molar-refractivity contribution in [3.63, 3.8) is 0 Å². The summed E-state index contributed by atoms with van der Waals surface area (Å²) in [5.74, 6) is 0. The molecule has 4 heteroatoms. The van der Waals surface area contributed by atoms with Crippen molar-refractivity contribution in [2.45, 2.75) is 43.9 Å². The molecule has 0 amide bonds. The van der Waals surface area contributed by atoms with Crippen molar-refractivity contribution in [3.05, 3.63) is 36.0 Å². The summed E-state index contributed by atoms with van der Waals surface area (Å²) in [5, 5.41) is 11.6. The van der Waals surface area contributed by atoms with Gasteiger partial charge < -0.3 is 14.8 Å². The molecule has 1 spiro atoms. The fraction of sp³-hybridized carbons (Fsp3) is 0.556. The number of aromatic nitrogens is 1. The van der Waals surface area contributed by atoms with E-state index in [1.807, 2.05) is 6.20 Å². The van der Waals surface area contributed by atoms with E-state index in [9.17, 15) is 5.11 Å². The number of nitrogens with zero attached hydrogens (tertiary/aromatic N) is 1. The topological polar surface area (TPSA) is 48.5 Å². The molecule has 2 aromatic rings. The second-order valence-electron chi connectivity index (χ2n) is 6.75. The van der Waals surface area contributed by atoms with Crippen LogP contribution in [0, 0.1) is 0 Å². The van der Waals surface area contributed by atoms with Crippen LogP contribution in [-0.4, -0.2) is 46.4 Å². The fourth-order valence-corrected chi connectivity index (χ4v) is 3.94. The Morgan fingerprint density at radius 3 is 2.95 bits per heavy atom. The first-order valence-electron chi connectivity index (χ1n) is 8.36. The number of aliphatic hydroxyl groups is 1. The Labute approximate surface area is 131 Å². The lowest BCUT2D eigenvalue weighted by Crippen LogP contribution is -2.55. The van der Waals surface area contributed by atoms with E-state index in [2.05, 4.69) is 34.1 Å². The van der Waals surface area contributed by atoms with Crippen molar-refractivity contribution >= 4 is 10.9 Å². The number of fused-ring (bicyclic) bond motifs is 1. The molecule has 0 bridgehead atoms. The summed E-state index contributed by atoms with van der Waals surface area (Å²) in [4.78, 5) is 5.71. The number of hydrogen-bond donors (Lipinski definition) is 2. The summed E-state index contributed by atoms with van der Waals surface area (Å²) in [6.45, 7) is 3.79. The number of piperidine rings is 1. The molecule has 118 valence electrons. The molecule has 4 nitrogen and oxygen atoms in total. The number of rotatable bonds is 2. The normalized spacial score (nSPS) is 25.8. The summed E-state index contributed by atoms with van der Waals surface area (Å²) in [5.41, 5.74) is 2.28. The maximum absolute atomic E-state index is 10.3. The Balaban J connectivity index is 1.41. The Morgan fingerprint density at radius 1 is 1.27 bits per heavy atom. The van der Waals surface area contributed by atoms with Gasteiger partial charge in [0.25, 0.3) is 0 Å². The SMILES string of the molecule is O[C@@H]1CCCOC12CCN(Cc1ccc3[nH]ccc3c1)CC2. The number of H-pyrrole nitrogens is 1. The smallest absolute Gasteiger partial charge is 0.0964 e. The first kappa shape index (κ1) is 14.2. The lowest BCUT2D eigenvalue weighted by molar-refractivity contribution is -0.177. The Morgan fingerprint density at radius 2 is 2.14 bits per heavy atom. The molecule has 2 N–H and O–H groups in total. The van der Waals surface area contributed by atoms with E-state index < -0.39 is 0 Å². The summed E-state index contributed by atoms with van der Waals surface area (Å²) in [6.07, 6.45) is 5.48. The van der Waals surface area contributed by atoms with E-state index in [-0.39, 0.29) is 11.7 Å². The molecular weight excluding hydrogens is 276 g/mol. The number of hydrogen-bond acceptors (Lipinski definition) is 3. The summed E-state index contributed by atoms with van der Waals surface area (Å²) < 4.78 is 5.98. The van der Waals surface area contributed by atoms with Crippen LogP contribution in [0.15, 0.2) is 30.5 Å². The highest BCUT2D eigenvalue weighted by atomic mass is 16.5. The molecule has 2 aliphatic heterocycles. The molecule has 2 aliphatic rings. The molecule has 0 saturated carbocycles. The van der Waals surface area contributed by atoms with Crippen LogP contribution < -0.4 is 0 Å². The van der Waals surface area contributed by atoms with Crippen molar-refractivity contribution in [3.8, 4) is 0 Å². The highest BCUT2D eigenvalue weighted by Crippen LogP contribution is 2.35. The number of ether oxygens (including phenoxy) is 1. The van der Waals surface area contributed by atoms with E-state index in [1.54, 1.807) is 0 Å². The summed E-state index contributed by atoms with van der Waals surface area (Å²) in [6, 6.07) is 8.75. The maximum atomic E-state index is 10.3. The average molecular weight is 300 g/mol. The minimum Gasteiger partial charge on any atom is -0.390 e. The van der Waals surface area contributed by atoms with E-state index in [4.69, 9.17) is 4.74 Å². The lowest BCUT2D eigenvalue weighted by Gasteiger charge is -2.46. The molecule has 4 rings (SSSR count). The van der Waals surface area contributed by atoms with Gasteiger partial charge in [-0.1, -0.05) is 6.07 Å². The zero-order valence-corrected chi connectivity index (χ0v) is 12.9. The molecule has 2 saturated heterocycles. The number of nitrogens with one attached hydrogen (secondary N) is 1. The zero-order valence-electron chi connectivity index (χ0n) is 12.9. The third-order valence-electron chi connectivity index (χ3n) is 5.35. The second-order valence-corrected chi connectivity index (χ2v) is 6.75. The molecule has 1 aromatic carbocycles. The number of aromatic amines is 1. The van der Waals surface area contributed by atoms with E-state index in [0.717, 1.165) is 51.9 Å². The van der Waals surface area contributed by atoms with Crippen LogP contribution in [0.5, 0.6) is 0 Å². The van der Waals surface area contributed by atoms with Gasteiger partial charge in [-0.3, -0.25) is 4.90 Å². The van der Waals surface area contributed by atoms with E-state index in [0.29, 0.717) is 0 Å². The van der Waals surface area contributed by atoms with Crippen molar-refractivity contribution < 1.29 is 9.84 Å². The summed E-state index contributed by atoms with van der Waals surface area (Å²) in [7, 11) is 0. The minimum atomic E-state index is -0.278. The largest absolute Gasteiger partial charge is 0.390 e. The molecule has 1 atom stereocenters. The molecule has 22 heavy (non-hydrogen) atoms. The Hall–Kier alpha value is -1.36. The van der Waals surface area contributed by atoms with Crippen molar-refractivity contribution in [1.29, 1.82) is 0 Å². The van der Waals surface area contributed by atoms with Crippen LogP contribution in [0.25, 0.3) is 10.9 Å². The van der Waals surface area contributed by atoms with Gasteiger partial charge in [-0.05, 0) is 54.8 Å². The minimum absolute atomic E-state index is 0.265. The molecule has 0 aliphatic carbocycles. The monoisotopic (exact) mass is 300 g/mol. The first-order valence-corrected chi connectivity index (χ1v) is 8.36. The lowest BCUT2D eigenvalue weighted by atomic mass is 9.82. The van der Waals surface area contributed by atoms with Gasteiger partial charge >= 0.3 is 0 Å². The standard InChI is InChI=1S/C18H24N2O2/c21-17-2-1-11-22-18(17)6-9-20(10-7-18)13-14-3-4-16-15(12-14)5-8-19-16/h3-5,8,12,17,19,21H,1-2,6-7,9-11,13H2/t17-/m1/s1. The zero-order chi connectivity index (χ0) is 15.0. The van der Waals surface area contributed by atoms with E-state index in [1.165, 1.54) is 16.5 Å². The summed E-state index contributed by atoms with van der Waals surface area (Å²) >= 11 is 0. The van der Waals surface area contributed by atoms with Gasteiger partial charge in [0.1, 0.15) is 0 Å². The number of likely N-dealkylation sites (tertiary alicyclic amines) is 1. The number of benzene rings is 1. The highest BCUT2D eigenvalue weighted by molar-refractivity contribution is 5.79. The highest BCUT2D eigenvalue weighted by Gasteiger charge is 2.43. The third-order valence-corrected chi connectivity index (χ3v) is 5.35. The first-order chi connectivity index (χ1) is 10.8. The molecular formula is C18H24N2O2. The van der Waals surface area contributed by atoms with Crippen LogP contribution in [0.4, 0.5) is 0 Å². The molecule has 0 unspecified atom stereocenters. The van der Waals surface area contributed by atoms with Crippen molar-refractivity contribution in [1.82, 2.24) is 9.88 Å². The van der Waals surface area contributed by atoms with Crippen molar-refractivity contribution in [2.75, 3.05) is 19.7 Å². The van der Waals surface area contributed by atoms with Gasteiger partial charge in [-0.2, -0.15) is 0 Å². The van der Waals surface area contributed by atoms with Crippen molar-refractivity contribution in [2.24, 2.45) is 0 Å². The van der Waals surface area contributed by atoms with Gasteiger partial charge in [-0.15, -0.1) is 0 Å². The van der Waals surface area contributed by atoms with Crippen LogP contribution in [0.1, 0.15) is 31.2 Å². The predicted octanol–water partition coefficient (Wildman–Crippen LogP) is 2.67. The van der Waals surface area contributed by atoms with Gasteiger partial charge in [0.05, 0.1) is 11.7 Å². The second kappa shape index (κ2) is 5.69. The van der Waals surface area contributed by atoms with Crippen LogP contribution in [0.2, 0.25) is 0 Å². The van der Waals surface area contributed by atoms with Crippen LogP contribution in [-0.2, 0) is 11.3 Å². The quantitative estimate of drug-likeness (QED) is 0.896. The third kappa shape index (κ3) is 2.56. The molecule has 2 fully saturated rings.